The van der Waals surface area contributed by atoms with Gasteiger partial charge in [-0.2, -0.15) is 0 Å². The third-order valence-electron chi connectivity index (χ3n) is 2.60. The first kappa shape index (κ1) is 15.5. The second-order valence-corrected chi connectivity index (χ2v) is 7.52. The van der Waals surface area contributed by atoms with Crippen molar-refractivity contribution >= 4 is 27.3 Å². The van der Waals surface area contributed by atoms with Crippen molar-refractivity contribution in [2.24, 2.45) is 0 Å². The van der Waals surface area contributed by atoms with Gasteiger partial charge in [-0.25, -0.2) is 0 Å². The van der Waals surface area contributed by atoms with Crippen molar-refractivity contribution in [2.75, 3.05) is 0 Å². The van der Waals surface area contributed by atoms with Gasteiger partial charge < -0.3 is 10.1 Å². The summed E-state index contributed by atoms with van der Waals surface area (Å²) in [5.41, 5.74) is 1.12. The van der Waals surface area contributed by atoms with Crippen LogP contribution in [0.15, 0.2) is 34.2 Å². The molecule has 5 heteroatoms. The lowest BCUT2D eigenvalue weighted by atomic mass is 10.1. The largest absolute Gasteiger partial charge is 0.486 e. The van der Waals surface area contributed by atoms with E-state index in [9.17, 15) is 0 Å². The van der Waals surface area contributed by atoms with Crippen molar-refractivity contribution in [1.82, 2.24) is 10.3 Å². The van der Waals surface area contributed by atoms with Crippen LogP contribution in [0.5, 0.6) is 5.75 Å². The Morgan fingerprint density at radius 1 is 1.35 bits per heavy atom. The molecule has 2 aromatic heterocycles. The Balaban J connectivity index is 1.85. The van der Waals surface area contributed by atoms with Crippen molar-refractivity contribution in [3.05, 3.63) is 44.8 Å². The van der Waals surface area contributed by atoms with Gasteiger partial charge in [-0.1, -0.05) is 0 Å². The number of hydrogen-bond donors (Lipinski definition) is 1. The number of hydrogen-bond acceptors (Lipinski definition) is 4. The molecule has 0 amide bonds. The molecule has 0 aliphatic rings. The molecule has 0 aromatic carbocycles. The van der Waals surface area contributed by atoms with Gasteiger partial charge in [-0.05, 0) is 54.9 Å². The van der Waals surface area contributed by atoms with Gasteiger partial charge in [0, 0.05) is 26.8 Å². The number of nitrogens with one attached hydrogen (secondary N) is 1. The predicted octanol–water partition coefficient (Wildman–Crippen LogP) is 4.37. The first-order valence-corrected chi connectivity index (χ1v) is 8.15. The summed E-state index contributed by atoms with van der Waals surface area (Å²) in [7, 11) is 0. The van der Waals surface area contributed by atoms with E-state index < -0.39 is 0 Å². The first-order chi connectivity index (χ1) is 9.42. The summed E-state index contributed by atoms with van der Waals surface area (Å²) in [5, 5.41) is 5.47. The highest BCUT2D eigenvalue weighted by atomic mass is 79.9. The van der Waals surface area contributed by atoms with E-state index in [1.165, 1.54) is 4.88 Å². The van der Waals surface area contributed by atoms with Crippen LogP contribution >= 0.6 is 27.3 Å². The molecule has 0 fully saturated rings. The van der Waals surface area contributed by atoms with Gasteiger partial charge in [-0.15, -0.1) is 11.3 Å². The van der Waals surface area contributed by atoms with Gasteiger partial charge in [0.2, 0.25) is 0 Å². The average Bonchev–Trinajstić information content (AvgIpc) is 2.80. The van der Waals surface area contributed by atoms with Gasteiger partial charge in [0.05, 0.1) is 11.9 Å². The van der Waals surface area contributed by atoms with Crippen molar-refractivity contribution < 1.29 is 4.74 Å². The highest BCUT2D eigenvalue weighted by Crippen LogP contribution is 2.21. The minimum atomic E-state index is 0.101. The lowest BCUT2D eigenvalue weighted by molar-refractivity contribution is 0.308. The fourth-order valence-corrected chi connectivity index (χ4v) is 2.90. The molecule has 3 nitrogen and oxygen atoms in total. The van der Waals surface area contributed by atoms with Crippen LogP contribution in [0.4, 0.5) is 0 Å². The van der Waals surface area contributed by atoms with Crippen LogP contribution in [0.3, 0.4) is 0 Å². The van der Waals surface area contributed by atoms with Gasteiger partial charge in [0.25, 0.3) is 0 Å². The maximum atomic E-state index is 5.71. The van der Waals surface area contributed by atoms with E-state index in [1.807, 2.05) is 12.1 Å². The lowest BCUT2D eigenvalue weighted by Crippen LogP contribution is -2.35. The monoisotopic (exact) mass is 354 g/mol. The number of rotatable bonds is 5. The molecule has 0 unspecified atom stereocenters. The van der Waals surface area contributed by atoms with E-state index in [0.717, 1.165) is 22.5 Å². The topological polar surface area (TPSA) is 34.1 Å². The smallest absolute Gasteiger partial charge is 0.138 e. The van der Waals surface area contributed by atoms with Gasteiger partial charge >= 0.3 is 0 Å². The average molecular weight is 355 g/mol. The molecule has 2 aromatic rings. The molecule has 0 radical (unpaired) electrons. The summed E-state index contributed by atoms with van der Waals surface area (Å²) >= 11 is 5.12. The zero-order chi connectivity index (χ0) is 14.6. The molecule has 0 aliphatic heterocycles. The van der Waals surface area contributed by atoms with E-state index in [-0.39, 0.29) is 5.54 Å². The van der Waals surface area contributed by atoms with Crippen LogP contribution < -0.4 is 10.1 Å². The molecule has 2 heterocycles. The molecular weight excluding hydrogens is 336 g/mol. The molecule has 0 atom stereocenters. The van der Waals surface area contributed by atoms with Crippen LogP contribution in [0.2, 0.25) is 0 Å². The summed E-state index contributed by atoms with van der Waals surface area (Å²) in [5.74, 6) is 0.800. The quantitative estimate of drug-likeness (QED) is 0.865. The fourth-order valence-electron chi connectivity index (χ4n) is 1.54. The van der Waals surface area contributed by atoms with E-state index in [1.54, 1.807) is 17.5 Å². The molecule has 0 aliphatic carbocycles. The van der Waals surface area contributed by atoms with E-state index >= 15 is 0 Å². The van der Waals surface area contributed by atoms with Gasteiger partial charge in [0.15, 0.2) is 0 Å². The molecule has 1 N–H and O–H groups in total. The summed E-state index contributed by atoms with van der Waals surface area (Å²) in [4.78, 5) is 5.60. The number of thiophene rings is 1. The van der Waals surface area contributed by atoms with Crippen LogP contribution in [0.25, 0.3) is 0 Å². The Labute approximate surface area is 132 Å². The standard InChI is InChI=1S/C15H19BrN2OS/c1-15(2,3)18-7-12-4-5-13(8-17-12)19-9-14-6-11(16)10-20-14/h4-6,8,10,18H,7,9H2,1-3H3. The van der Waals surface area contributed by atoms with Crippen molar-refractivity contribution in [3.63, 3.8) is 0 Å². The van der Waals surface area contributed by atoms with Crippen molar-refractivity contribution in [3.8, 4) is 5.75 Å². The minimum Gasteiger partial charge on any atom is -0.486 e. The summed E-state index contributed by atoms with van der Waals surface area (Å²) in [6.45, 7) is 7.77. The highest BCUT2D eigenvalue weighted by Gasteiger charge is 2.08. The van der Waals surface area contributed by atoms with E-state index in [2.05, 4.69) is 58.4 Å². The number of pyridine rings is 1. The van der Waals surface area contributed by atoms with Crippen molar-refractivity contribution in [1.29, 1.82) is 0 Å². The lowest BCUT2D eigenvalue weighted by Gasteiger charge is -2.20. The number of nitrogens with zero attached hydrogens (tertiary/aromatic N) is 1. The van der Waals surface area contributed by atoms with Crippen molar-refractivity contribution in [2.45, 2.75) is 39.5 Å². The Hall–Kier alpha value is -0.910. The SMILES string of the molecule is CC(C)(C)NCc1ccc(OCc2cc(Br)cs2)cn1. The Morgan fingerprint density at radius 2 is 2.15 bits per heavy atom. The number of aromatic nitrogens is 1. The molecule has 2 rings (SSSR count). The Morgan fingerprint density at radius 3 is 2.70 bits per heavy atom. The maximum Gasteiger partial charge on any atom is 0.138 e. The fraction of sp³-hybridized carbons (Fsp3) is 0.400. The van der Waals surface area contributed by atoms with Crippen LogP contribution in [0.1, 0.15) is 31.3 Å². The van der Waals surface area contributed by atoms with Gasteiger partial charge in [0.1, 0.15) is 12.4 Å². The third-order valence-corrected chi connectivity index (χ3v) is 4.27. The first-order valence-electron chi connectivity index (χ1n) is 6.48. The molecule has 108 valence electrons. The normalized spacial score (nSPS) is 11.6. The molecule has 0 saturated heterocycles. The summed E-state index contributed by atoms with van der Waals surface area (Å²) in [6, 6.07) is 6.04. The second-order valence-electron chi connectivity index (χ2n) is 5.61. The molecule has 0 bridgehead atoms. The Kier molecular flexibility index (Phi) is 5.18. The molecule has 20 heavy (non-hydrogen) atoms. The molecule has 0 spiro atoms. The van der Waals surface area contributed by atoms with Crippen LogP contribution in [-0.4, -0.2) is 10.5 Å². The highest BCUT2D eigenvalue weighted by molar-refractivity contribution is 9.10. The van der Waals surface area contributed by atoms with Crippen LogP contribution in [-0.2, 0) is 13.2 Å². The number of halogens is 1. The summed E-state index contributed by atoms with van der Waals surface area (Å²) in [6.07, 6.45) is 1.78. The maximum absolute atomic E-state index is 5.71. The number of ether oxygens (including phenoxy) is 1. The molecule has 0 saturated carbocycles. The zero-order valence-corrected chi connectivity index (χ0v) is 14.3. The van der Waals surface area contributed by atoms with E-state index in [0.29, 0.717) is 6.61 Å². The van der Waals surface area contributed by atoms with Gasteiger partial charge in [-0.3, -0.25) is 4.98 Å². The van der Waals surface area contributed by atoms with E-state index in [4.69, 9.17) is 4.74 Å². The minimum absolute atomic E-state index is 0.101. The van der Waals surface area contributed by atoms with Crippen LogP contribution in [0, 0.1) is 0 Å². The Bertz CT molecular complexity index is 546. The molecular formula is C15H19BrN2OS. The second kappa shape index (κ2) is 6.70. The summed E-state index contributed by atoms with van der Waals surface area (Å²) < 4.78 is 6.81. The zero-order valence-electron chi connectivity index (χ0n) is 11.9. The third kappa shape index (κ3) is 5.23. The predicted molar refractivity (Wildman–Crippen MR) is 87.2 cm³/mol.